The monoisotopic (exact) mass is 298 g/mol. The van der Waals surface area contributed by atoms with Crippen LogP contribution in [0.5, 0.6) is 0 Å². The topological polar surface area (TPSA) is 50.4 Å². The van der Waals surface area contributed by atoms with E-state index in [2.05, 4.69) is 35.1 Å². The van der Waals surface area contributed by atoms with E-state index in [1.807, 2.05) is 27.7 Å². The lowest BCUT2D eigenvalue weighted by Crippen LogP contribution is -2.43. The molecule has 0 fully saturated rings. The molecular formula is C15H26N2O2S. The molecule has 0 aromatic carbocycles. The molecule has 1 aromatic heterocycles. The number of carbonyl (C=O) groups is 1. The maximum absolute atomic E-state index is 11.7. The van der Waals surface area contributed by atoms with Crippen LogP contribution in [0.3, 0.4) is 0 Å². The lowest BCUT2D eigenvalue weighted by Gasteiger charge is -2.23. The maximum atomic E-state index is 11.7. The summed E-state index contributed by atoms with van der Waals surface area (Å²) in [4.78, 5) is 13.0. The van der Waals surface area contributed by atoms with Crippen LogP contribution in [0, 0.1) is 0 Å². The van der Waals surface area contributed by atoms with Gasteiger partial charge in [-0.15, -0.1) is 11.3 Å². The number of nitrogens with one attached hydrogen (secondary N) is 2. The highest BCUT2D eigenvalue weighted by molar-refractivity contribution is 7.10. The molecule has 2 N–H and O–H groups in total. The third-order valence-electron chi connectivity index (χ3n) is 2.73. The number of carbonyl (C=O) groups excluding carboxylic acids is 1. The Morgan fingerprint density at radius 2 is 2.15 bits per heavy atom. The molecule has 0 aliphatic carbocycles. The first-order valence-corrected chi connectivity index (χ1v) is 7.96. The molecule has 114 valence electrons. The van der Waals surface area contributed by atoms with Crippen molar-refractivity contribution in [2.45, 2.75) is 58.7 Å². The molecule has 0 radical (unpaired) electrons. The summed E-state index contributed by atoms with van der Waals surface area (Å²) in [7, 11) is 0. The smallest absolute Gasteiger partial charge is 0.407 e. The van der Waals surface area contributed by atoms with Crippen LogP contribution in [0.4, 0.5) is 4.79 Å². The first-order chi connectivity index (χ1) is 9.31. The number of rotatable bonds is 6. The minimum absolute atomic E-state index is 0.0267. The van der Waals surface area contributed by atoms with Crippen LogP contribution in [0.2, 0.25) is 0 Å². The first-order valence-electron chi connectivity index (χ1n) is 7.08. The minimum Gasteiger partial charge on any atom is -0.444 e. The molecule has 4 nitrogen and oxygen atoms in total. The van der Waals surface area contributed by atoms with Gasteiger partial charge in [0.25, 0.3) is 0 Å². The van der Waals surface area contributed by atoms with E-state index in [9.17, 15) is 4.79 Å². The average Bonchev–Trinajstić information content (AvgIpc) is 2.80. The Balaban J connectivity index is 2.35. The van der Waals surface area contributed by atoms with Gasteiger partial charge in [-0.2, -0.15) is 0 Å². The highest BCUT2D eigenvalue weighted by Crippen LogP contribution is 2.21. The molecule has 0 saturated carbocycles. The minimum atomic E-state index is -0.458. The number of thiophene rings is 1. The fraction of sp³-hybridized carbons (Fsp3) is 0.667. The second-order valence-electron chi connectivity index (χ2n) is 5.93. The van der Waals surface area contributed by atoms with Crippen molar-refractivity contribution in [2.24, 2.45) is 0 Å². The Morgan fingerprint density at radius 1 is 1.45 bits per heavy atom. The van der Waals surface area contributed by atoms with Crippen LogP contribution in [0.15, 0.2) is 17.5 Å². The number of ether oxygens (including phenoxy) is 1. The van der Waals surface area contributed by atoms with Crippen molar-refractivity contribution in [1.29, 1.82) is 0 Å². The Kier molecular flexibility index (Phi) is 6.49. The largest absolute Gasteiger partial charge is 0.444 e. The molecule has 20 heavy (non-hydrogen) atoms. The summed E-state index contributed by atoms with van der Waals surface area (Å²) in [6.07, 6.45) is 0.663. The van der Waals surface area contributed by atoms with Crippen LogP contribution >= 0.6 is 11.3 Å². The van der Waals surface area contributed by atoms with Crippen molar-refractivity contribution < 1.29 is 9.53 Å². The molecule has 1 aromatic rings. The van der Waals surface area contributed by atoms with E-state index < -0.39 is 5.60 Å². The summed E-state index contributed by atoms with van der Waals surface area (Å²) in [5.74, 6) is 0. The van der Waals surface area contributed by atoms with Gasteiger partial charge in [-0.05, 0) is 45.6 Å². The zero-order valence-corrected chi connectivity index (χ0v) is 13.8. The highest BCUT2D eigenvalue weighted by Gasteiger charge is 2.18. The molecule has 1 rings (SSSR count). The second-order valence-corrected chi connectivity index (χ2v) is 6.91. The molecule has 5 heteroatoms. The number of hydrogen-bond donors (Lipinski definition) is 2. The SMILES string of the molecule is CCC(NCC(C)NC(=O)OC(C)(C)C)c1cccs1. The summed E-state index contributed by atoms with van der Waals surface area (Å²) in [6.45, 7) is 10.4. The highest BCUT2D eigenvalue weighted by atomic mass is 32.1. The van der Waals surface area contributed by atoms with Gasteiger partial charge in [-0.3, -0.25) is 0 Å². The van der Waals surface area contributed by atoms with Crippen molar-refractivity contribution in [1.82, 2.24) is 10.6 Å². The lowest BCUT2D eigenvalue weighted by molar-refractivity contribution is 0.0507. The van der Waals surface area contributed by atoms with Crippen LogP contribution in [0.25, 0.3) is 0 Å². The van der Waals surface area contributed by atoms with Crippen LogP contribution in [0.1, 0.15) is 52.0 Å². The van der Waals surface area contributed by atoms with Crippen molar-refractivity contribution in [3.8, 4) is 0 Å². The van der Waals surface area contributed by atoms with E-state index in [0.717, 1.165) is 13.0 Å². The standard InChI is InChI=1S/C15H26N2O2S/c1-6-12(13-8-7-9-20-13)16-10-11(2)17-14(18)19-15(3,4)5/h7-9,11-12,16H,6,10H2,1-5H3,(H,17,18). The Labute approximate surface area is 125 Å². The van der Waals surface area contributed by atoms with Gasteiger partial charge in [-0.25, -0.2) is 4.79 Å². The third-order valence-corrected chi connectivity index (χ3v) is 3.71. The fourth-order valence-electron chi connectivity index (χ4n) is 1.81. The third kappa shape index (κ3) is 6.39. The van der Waals surface area contributed by atoms with Crippen molar-refractivity contribution in [3.05, 3.63) is 22.4 Å². The summed E-state index contributed by atoms with van der Waals surface area (Å²) in [6, 6.07) is 4.57. The number of hydrogen-bond acceptors (Lipinski definition) is 4. The number of alkyl carbamates (subject to hydrolysis) is 1. The van der Waals surface area contributed by atoms with Crippen LogP contribution in [-0.2, 0) is 4.74 Å². The van der Waals surface area contributed by atoms with E-state index in [0.29, 0.717) is 6.04 Å². The Morgan fingerprint density at radius 3 is 2.65 bits per heavy atom. The molecule has 2 atom stereocenters. The molecular weight excluding hydrogens is 272 g/mol. The molecule has 1 amide bonds. The molecule has 0 aliphatic rings. The lowest BCUT2D eigenvalue weighted by atomic mass is 10.2. The van der Waals surface area contributed by atoms with E-state index in [1.165, 1.54) is 4.88 Å². The van der Waals surface area contributed by atoms with Gasteiger partial charge in [0.1, 0.15) is 5.60 Å². The maximum Gasteiger partial charge on any atom is 0.407 e. The fourth-order valence-corrected chi connectivity index (χ4v) is 2.70. The number of amides is 1. The molecule has 2 unspecified atom stereocenters. The van der Waals surface area contributed by atoms with Crippen LogP contribution in [-0.4, -0.2) is 24.3 Å². The molecule has 1 heterocycles. The van der Waals surface area contributed by atoms with E-state index in [4.69, 9.17) is 4.74 Å². The van der Waals surface area contributed by atoms with E-state index in [1.54, 1.807) is 11.3 Å². The summed E-state index contributed by atoms with van der Waals surface area (Å²) < 4.78 is 5.24. The Hall–Kier alpha value is -1.07. The van der Waals surface area contributed by atoms with Gasteiger partial charge in [0, 0.05) is 23.5 Å². The van der Waals surface area contributed by atoms with E-state index >= 15 is 0 Å². The van der Waals surface area contributed by atoms with Gasteiger partial charge in [0.05, 0.1) is 0 Å². The van der Waals surface area contributed by atoms with Gasteiger partial charge >= 0.3 is 6.09 Å². The molecule has 0 saturated heterocycles. The zero-order chi connectivity index (χ0) is 15.2. The summed E-state index contributed by atoms with van der Waals surface area (Å²) in [5.41, 5.74) is -0.458. The summed E-state index contributed by atoms with van der Waals surface area (Å²) in [5, 5.41) is 8.41. The second kappa shape index (κ2) is 7.64. The van der Waals surface area contributed by atoms with E-state index in [-0.39, 0.29) is 12.1 Å². The molecule has 0 aliphatic heterocycles. The first kappa shape index (κ1) is 17.0. The van der Waals surface area contributed by atoms with Crippen molar-refractivity contribution >= 4 is 17.4 Å². The zero-order valence-electron chi connectivity index (χ0n) is 13.0. The molecule has 0 spiro atoms. The van der Waals surface area contributed by atoms with Crippen molar-refractivity contribution in [2.75, 3.05) is 6.54 Å². The predicted molar refractivity (Wildman–Crippen MR) is 84.2 cm³/mol. The Bertz CT molecular complexity index is 399. The van der Waals surface area contributed by atoms with Crippen molar-refractivity contribution in [3.63, 3.8) is 0 Å². The van der Waals surface area contributed by atoms with Gasteiger partial charge in [-0.1, -0.05) is 13.0 Å². The quantitative estimate of drug-likeness (QED) is 0.842. The van der Waals surface area contributed by atoms with Gasteiger partial charge in [0.15, 0.2) is 0 Å². The molecule has 0 bridgehead atoms. The van der Waals surface area contributed by atoms with Gasteiger partial charge < -0.3 is 15.4 Å². The average molecular weight is 298 g/mol. The van der Waals surface area contributed by atoms with Gasteiger partial charge in [0.2, 0.25) is 0 Å². The summed E-state index contributed by atoms with van der Waals surface area (Å²) >= 11 is 1.75. The predicted octanol–water partition coefficient (Wildman–Crippen LogP) is 3.70. The normalized spacial score (nSPS) is 14.7. The van der Waals surface area contributed by atoms with Crippen LogP contribution < -0.4 is 10.6 Å².